The number of esters is 5. The summed E-state index contributed by atoms with van der Waals surface area (Å²) in [6, 6.07) is 6.64. The van der Waals surface area contributed by atoms with Gasteiger partial charge in [0.25, 0.3) is 11.9 Å². The van der Waals surface area contributed by atoms with Gasteiger partial charge in [0.15, 0.2) is 0 Å². The van der Waals surface area contributed by atoms with Gasteiger partial charge in [0.05, 0.1) is 0 Å². The first-order valence-corrected chi connectivity index (χ1v) is 11.4. The number of carbonyl (C=O) groups excluding carboxylic acids is 5. The molecular formula is C26H30CoO11-2. The second kappa shape index (κ2) is 24.8. The number of hydrogen-bond donors (Lipinski definition) is 0. The van der Waals surface area contributed by atoms with Crippen molar-refractivity contribution >= 4 is 29.8 Å². The predicted molar refractivity (Wildman–Crippen MR) is 129 cm³/mol. The maximum atomic E-state index is 12.0. The van der Waals surface area contributed by atoms with E-state index < -0.39 is 23.9 Å². The van der Waals surface area contributed by atoms with Gasteiger partial charge in [-0.05, 0) is 38.5 Å². The third-order valence-corrected chi connectivity index (χ3v) is 3.53. The van der Waals surface area contributed by atoms with Crippen LogP contribution in [0.2, 0.25) is 0 Å². The average Bonchev–Trinajstić information content (AvgIpc) is 2.91. The summed E-state index contributed by atoms with van der Waals surface area (Å²) in [4.78, 5) is 56.5. The quantitative estimate of drug-likeness (QED) is 0.119. The van der Waals surface area contributed by atoms with Gasteiger partial charge in [-0.25, -0.2) is 14.4 Å². The molecule has 38 heavy (non-hydrogen) atoms. The van der Waals surface area contributed by atoms with Gasteiger partial charge in [0, 0.05) is 18.2 Å². The molecule has 0 atom stereocenters. The van der Waals surface area contributed by atoms with E-state index in [2.05, 4.69) is 33.4 Å². The van der Waals surface area contributed by atoms with Gasteiger partial charge in [-0.15, -0.1) is 6.07 Å². The van der Waals surface area contributed by atoms with Gasteiger partial charge in [0.2, 0.25) is 0 Å². The Balaban J connectivity index is 0. The van der Waals surface area contributed by atoms with Crippen LogP contribution in [0, 0.1) is 13.0 Å². The van der Waals surface area contributed by atoms with E-state index in [1.165, 1.54) is 48.6 Å². The fraction of sp³-hybridized carbons (Fsp3) is 0.308. The third kappa shape index (κ3) is 19.3. The molecule has 0 fully saturated rings. The van der Waals surface area contributed by atoms with Crippen molar-refractivity contribution in [3.8, 4) is 0 Å². The predicted octanol–water partition coefficient (Wildman–Crippen LogP) is 2.86. The molecule has 0 saturated carbocycles. The minimum atomic E-state index is -0.701. The molecule has 0 unspecified atom stereocenters. The van der Waals surface area contributed by atoms with Gasteiger partial charge in [0.1, 0.15) is 26.4 Å². The zero-order valence-electron chi connectivity index (χ0n) is 21.3. The van der Waals surface area contributed by atoms with Crippen LogP contribution in [0.5, 0.6) is 0 Å². The van der Waals surface area contributed by atoms with Crippen LogP contribution in [0.25, 0.3) is 0 Å². The summed E-state index contributed by atoms with van der Waals surface area (Å²) in [5.74, 6) is -2.80. The first-order chi connectivity index (χ1) is 18.3. The van der Waals surface area contributed by atoms with E-state index >= 15 is 0 Å². The zero-order chi connectivity index (χ0) is 29.2. The SMILES string of the molecule is C/C=C/C(=O)OCCOC(=O)c1c[c-]cc(C(=O)OCCOC(=O)/C=C/C)c1.[CH2-]COC(=O)/C=C/C.[O]=[Co]. The van der Waals surface area contributed by atoms with Crippen molar-refractivity contribution < 1.29 is 67.2 Å². The van der Waals surface area contributed by atoms with Crippen LogP contribution in [0.4, 0.5) is 0 Å². The molecule has 0 saturated heterocycles. The molecule has 0 heterocycles. The van der Waals surface area contributed by atoms with Crippen molar-refractivity contribution in [1.82, 2.24) is 0 Å². The minimum absolute atomic E-state index is 0.0910. The Bertz CT molecular complexity index is 908. The topological polar surface area (TPSA) is 149 Å². The Labute approximate surface area is 229 Å². The van der Waals surface area contributed by atoms with E-state index in [9.17, 15) is 24.0 Å². The van der Waals surface area contributed by atoms with Crippen LogP contribution in [0.15, 0.2) is 54.7 Å². The van der Waals surface area contributed by atoms with Gasteiger partial charge in [-0.1, -0.05) is 18.2 Å². The Morgan fingerprint density at radius 2 is 1.03 bits per heavy atom. The van der Waals surface area contributed by atoms with Crippen molar-refractivity contribution in [1.29, 1.82) is 0 Å². The molecule has 11 nitrogen and oxygen atoms in total. The number of allylic oxidation sites excluding steroid dienone is 3. The van der Waals surface area contributed by atoms with E-state index in [-0.39, 0.29) is 50.1 Å². The molecule has 0 radical (unpaired) electrons. The van der Waals surface area contributed by atoms with Crippen LogP contribution in [-0.4, -0.2) is 62.9 Å². The summed E-state index contributed by atoms with van der Waals surface area (Å²) in [6.45, 7) is 8.19. The number of carbonyl (C=O) groups is 5. The molecule has 0 aliphatic heterocycles. The second-order valence-electron chi connectivity index (χ2n) is 6.28. The first-order valence-electron chi connectivity index (χ1n) is 11.0. The number of hydrogen-bond acceptors (Lipinski definition) is 11. The Kier molecular flexibility index (Phi) is 23.6. The van der Waals surface area contributed by atoms with Crippen LogP contribution in [-0.2, 0) is 57.6 Å². The molecule has 0 aromatic heterocycles. The molecule has 1 aromatic rings. The first kappa shape index (κ1) is 36.3. The normalized spacial score (nSPS) is 10.0. The summed E-state index contributed by atoms with van der Waals surface area (Å²) in [5, 5.41) is 0. The Morgan fingerprint density at radius 3 is 1.37 bits per heavy atom. The van der Waals surface area contributed by atoms with Gasteiger partial charge < -0.3 is 30.6 Å². The van der Waals surface area contributed by atoms with Crippen molar-refractivity contribution in [2.24, 2.45) is 0 Å². The molecule has 0 aliphatic rings. The molecule has 1 rings (SSSR count). The van der Waals surface area contributed by atoms with Crippen molar-refractivity contribution in [2.45, 2.75) is 20.8 Å². The van der Waals surface area contributed by atoms with Crippen LogP contribution < -0.4 is 0 Å². The molecule has 0 amide bonds. The van der Waals surface area contributed by atoms with Crippen molar-refractivity contribution in [3.05, 3.63) is 78.8 Å². The van der Waals surface area contributed by atoms with E-state index in [0.29, 0.717) is 0 Å². The average molecular weight is 577 g/mol. The van der Waals surface area contributed by atoms with E-state index in [1.54, 1.807) is 26.8 Å². The molecular weight excluding hydrogens is 547 g/mol. The van der Waals surface area contributed by atoms with Crippen LogP contribution in [0.3, 0.4) is 0 Å². The molecule has 0 spiro atoms. The van der Waals surface area contributed by atoms with Gasteiger partial charge in [-0.2, -0.15) is 18.2 Å². The molecule has 0 N–H and O–H groups in total. The van der Waals surface area contributed by atoms with Crippen LogP contribution >= 0.6 is 0 Å². The molecule has 0 aliphatic carbocycles. The zero-order valence-corrected chi connectivity index (χ0v) is 22.3. The van der Waals surface area contributed by atoms with E-state index in [4.69, 9.17) is 22.8 Å². The summed E-state index contributed by atoms with van der Waals surface area (Å²) in [7, 11) is 0. The van der Waals surface area contributed by atoms with E-state index in [1.807, 2.05) is 0 Å². The number of benzene rings is 1. The fourth-order valence-corrected chi connectivity index (χ4v) is 2.08. The Morgan fingerprint density at radius 1 is 0.684 bits per heavy atom. The fourth-order valence-electron chi connectivity index (χ4n) is 2.08. The molecule has 0 bridgehead atoms. The van der Waals surface area contributed by atoms with Crippen molar-refractivity contribution in [3.63, 3.8) is 0 Å². The summed E-state index contributed by atoms with van der Waals surface area (Å²) in [6.07, 6.45) is 8.52. The Hall–Kier alpha value is -3.90. The van der Waals surface area contributed by atoms with Gasteiger partial charge in [-0.3, -0.25) is 9.59 Å². The standard InChI is InChI=1S/C20H21O8.C6H9O2.Co.O/c1-3-6-17(21)25-10-12-27-19(23)15-8-5-9-16(14-15)20(24)28-13-11-26-18(22)7-4-2;1-3-5-6(7)8-4-2;;/h3-4,6-9,14H,10-13H2,1-2H3;3,5H,2,4H2,1H3;;/q2*-1;;/b6-3+,7-4+;5-3+;;. The van der Waals surface area contributed by atoms with E-state index in [0.717, 1.165) is 0 Å². The summed E-state index contributed by atoms with van der Waals surface area (Å²) >= 11 is 2.31. The monoisotopic (exact) mass is 577 g/mol. The van der Waals surface area contributed by atoms with Crippen LogP contribution in [0.1, 0.15) is 41.5 Å². The summed E-state index contributed by atoms with van der Waals surface area (Å²) < 4.78 is 31.9. The molecule has 211 valence electrons. The molecule has 12 heteroatoms. The molecule has 1 aromatic carbocycles. The third-order valence-electron chi connectivity index (χ3n) is 3.53. The maximum absolute atomic E-state index is 12.0. The summed E-state index contributed by atoms with van der Waals surface area (Å²) in [5.41, 5.74) is 0.183. The van der Waals surface area contributed by atoms with Gasteiger partial charge >= 0.3 is 37.4 Å². The van der Waals surface area contributed by atoms with Crippen molar-refractivity contribution in [2.75, 3.05) is 33.0 Å². The number of ether oxygens (including phenoxy) is 5. The number of rotatable bonds is 12. The second-order valence-corrected chi connectivity index (χ2v) is 6.28.